The minimum atomic E-state index is -0.138. The summed E-state index contributed by atoms with van der Waals surface area (Å²) < 4.78 is 6.16. The molecule has 1 heterocycles. The van der Waals surface area contributed by atoms with Gasteiger partial charge in [-0.15, -0.1) is 0 Å². The number of aromatic hydroxyl groups is 1. The summed E-state index contributed by atoms with van der Waals surface area (Å²) in [6.45, 7) is 0. The van der Waals surface area contributed by atoms with Crippen LogP contribution in [-0.4, -0.2) is 5.11 Å². The molecule has 0 amide bonds. The number of hydrogen-bond donors (Lipinski definition) is 1. The van der Waals surface area contributed by atoms with Crippen LogP contribution in [-0.2, 0) is 0 Å². The minimum Gasteiger partial charge on any atom is -0.507 e. The van der Waals surface area contributed by atoms with Crippen molar-refractivity contribution in [2.75, 3.05) is 0 Å². The SMILES string of the molecule is O=c1cc(-c2ccccc2)oc2cc(O)c(Br)cc12. The van der Waals surface area contributed by atoms with E-state index in [1.165, 1.54) is 12.1 Å². The first-order valence-electron chi connectivity index (χ1n) is 5.67. The molecular formula is C15H9BrO3. The highest BCUT2D eigenvalue weighted by Gasteiger charge is 2.09. The van der Waals surface area contributed by atoms with Crippen LogP contribution < -0.4 is 5.43 Å². The average molecular weight is 317 g/mol. The fraction of sp³-hybridized carbons (Fsp3) is 0. The molecule has 3 aromatic rings. The molecule has 2 aromatic carbocycles. The molecule has 3 nitrogen and oxygen atoms in total. The smallest absolute Gasteiger partial charge is 0.193 e. The van der Waals surface area contributed by atoms with Crippen molar-refractivity contribution in [3.05, 3.63) is 63.2 Å². The molecular weight excluding hydrogens is 308 g/mol. The van der Waals surface area contributed by atoms with E-state index in [-0.39, 0.29) is 11.2 Å². The second-order valence-corrected chi connectivity index (χ2v) is 5.00. The molecule has 0 fully saturated rings. The molecule has 94 valence electrons. The van der Waals surface area contributed by atoms with Crippen molar-refractivity contribution in [1.29, 1.82) is 0 Å². The van der Waals surface area contributed by atoms with Crippen LogP contribution in [0.1, 0.15) is 0 Å². The first kappa shape index (κ1) is 12.0. The topological polar surface area (TPSA) is 50.4 Å². The molecule has 19 heavy (non-hydrogen) atoms. The Labute approximate surface area is 117 Å². The highest BCUT2D eigenvalue weighted by Crippen LogP contribution is 2.30. The van der Waals surface area contributed by atoms with Gasteiger partial charge in [-0.25, -0.2) is 0 Å². The molecule has 0 saturated heterocycles. The highest BCUT2D eigenvalue weighted by atomic mass is 79.9. The van der Waals surface area contributed by atoms with Gasteiger partial charge in [0.2, 0.25) is 0 Å². The van der Waals surface area contributed by atoms with Gasteiger partial charge in [0.25, 0.3) is 0 Å². The predicted molar refractivity (Wildman–Crippen MR) is 77.3 cm³/mol. The molecule has 3 rings (SSSR count). The van der Waals surface area contributed by atoms with Gasteiger partial charge < -0.3 is 9.52 Å². The van der Waals surface area contributed by atoms with E-state index in [0.717, 1.165) is 5.56 Å². The maximum absolute atomic E-state index is 12.1. The third kappa shape index (κ3) is 2.15. The molecule has 0 radical (unpaired) electrons. The summed E-state index contributed by atoms with van der Waals surface area (Å²) in [4.78, 5) is 12.1. The maximum atomic E-state index is 12.1. The number of phenolic OH excluding ortho intramolecular Hbond substituents is 1. The van der Waals surface area contributed by atoms with Crippen molar-refractivity contribution >= 4 is 26.9 Å². The monoisotopic (exact) mass is 316 g/mol. The third-order valence-electron chi connectivity index (χ3n) is 2.85. The minimum absolute atomic E-state index is 0.0425. The molecule has 0 spiro atoms. The quantitative estimate of drug-likeness (QED) is 0.740. The predicted octanol–water partition coefficient (Wildman–Crippen LogP) is 3.93. The standard InChI is InChI=1S/C15H9BrO3/c16-11-6-10-12(17)7-14(9-4-2-1-3-5-9)19-15(10)8-13(11)18/h1-8,18H. The highest BCUT2D eigenvalue weighted by molar-refractivity contribution is 9.10. The van der Waals surface area contributed by atoms with E-state index in [1.807, 2.05) is 30.3 Å². The van der Waals surface area contributed by atoms with Gasteiger partial charge in [-0.3, -0.25) is 4.79 Å². The molecule has 0 atom stereocenters. The van der Waals surface area contributed by atoms with Crippen molar-refractivity contribution in [2.45, 2.75) is 0 Å². The first-order chi connectivity index (χ1) is 9.15. The summed E-state index contributed by atoms with van der Waals surface area (Å²) >= 11 is 3.18. The van der Waals surface area contributed by atoms with Crippen LogP contribution in [0.15, 0.2) is 62.2 Å². The van der Waals surface area contributed by atoms with Gasteiger partial charge in [-0.05, 0) is 22.0 Å². The zero-order chi connectivity index (χ0) is 13.4. The Bertz CT molecular complexity index is 807. The van der Waals surface area contributed by atoms with Crippen molar-refractivity contribution < 1.29 is 9.52 Å². The van der Waals surface area contributed by atoms with Gasteiger partial charge in [0.05, 0.1) is 9.86 Å². The summed E-state index contributed by atoms with van der Waals surface area (Å²) in [6.07, 6.45) is 0. The zero-order valence-electron chi connectivity index (χ0n) is 9.76. The molecule has 1 N–H and O–H groups in total. The number of halogens is 1. The van der Waals surface area contributed by atoms with Gasteiger partial charge in [0.1, 0.15) is 17.1 Å². The van der Waals surface area contributed by atoms with Crippen LogP contribution in [0.4, 0.5) is 0 Å². The molecule has 0 aliphatic carbocycles. The summed E-state index contributed by atoms with van der Waals surface area (Å²) in [5.74, 6) is 0.528. The van der Waals surface area contributed by atoms with E-state index < -0.39 is 0 Å². The average Bonchev–Trinajstić information content (AvgIpc) is 2.42. The molecule has 0 aliphatic rings. The Kier molecular flexibility index (Phi) is 2.87. The first-order valence-corrected chi connectivity index (χ1v) is 6.46. The lowest BCUT2D eigenvalue weighted by Crippen LogP contribution is -2.00. The molecule has 0 aliphatic heterocycles. The van der Waals surface area contributed by atoms with E-state index in [2.05, 4.69) is 15.9 Å². The van der Waals surface area contributed by atoms with E-state index in [9.17, 15) is 9.90 Å². The number of rotatable bonds is 1. The number of phenols is 1. The summed E-state index contributed by atoms with van der Waals surface area (Å²) in [5.41, 5.74) is 1.05. The van der Waals surface area contributed by atoms with Crippen LogP contribution in [0.2, 0.25) is 0 Å². The lowest BCUT2D eigenvalue weighted by Gasteiger charge is -2.04. The van der Waals surface area contributed by atoms with Crippen LogP contribution in [0.5, 0.6) is 5.75 Å². The largest absolute Gasteiger partial charge is 0.507 e. The zero-order valence-corrected chi connectivity index (χ0v) is 11.3. The fourth-order valence-corrected chi connectivity index (χ4v) is 2.25. The van der Waals surface area contributed by atoms with Crippen molar-refractivity contribution in [3.63, 3.8) is 0 Å². The van der Waals surface area contributed by atoms with E-state index in [1.54, 1.807) is 6.07 Å². The molecule has 0 saturated carbocycles. The van der Waals surface area contributed by atoms with Crippen LogP contribution in [0.25, 0.3) is 22.3 Å². The number of fused-ring (bicyclic) bond motifs is 1. The summed E-state index contributed by atoms with van der Waals surface area (Å²) in [5, 5.41) is 10.1. The molecule has 0 bridgehead atoms. The second kappa shape index (κ2) is 4.55. The molecule has 0 unspecified atom stereocenters. The van der Waals surface area contributed by atoms with Crippen molar-refractivity contribution in [2.24, 2.45) is 0 Å². The maximum Gasteiger partial charge on any atom is 0.193 e. The van der Waals surface area contributed by atoms with Crippen LogP contribution in [0.3, 0.4) is 0 Å². The van der Waals surface area contributed by atoms with Gasteiger partial charge in [-0.1, -0.05) is 30.3 Å². The van der Waals surface area contributed by atoms with Crippen LogP contribution in [0, 0.1) is 0 Å². The second-order valence-electron chi connectivity index (χ2n) is 4.14. The Morgan fingerprint density at radius 1 is 1.05 bits per heavy atom. The number of benzene rings is 2. The Balaban J connectivity index is 2.31. The molecule has 4 heteroatoms. The van der Waals surface area contributed by atoms with E-state index in [0.29, 0.717) is 21.2 Å². The van der Waals surface area contributed by atoms with Gasteiger partial charge in [0.15, 0.2) is 5.43 Å². The lowest BCUT2D eigenvalue weighted by molar-refractivity contribution is 0.471. The Hall–Kier alpha value is -2.07. The number of hydrogen-bond acceptors (Lipinski definition) is 3. The fourth-order valence-electron chi connectivity index (χ4n) is 1.91. The van der Waals surface area contributed by atoms with Crippen molar-refractivity contribution in [3.8, 4) is 17.1 Å². The normalized spacial score (nSPS) is 10.8. The van der Waals surface area contributed by atoms with E-state index in [4.69, 9.17) is 4.42 Å². The Morgan fingerprint density at radius 2 is 1.79 bits per heavy atom. The lowest BCUT2D eigenvalue weighted by atomic mass is 10.1. The summed E-state index contributed by atoms with van der Waals surface area (Å²) in [7, 11) is 0. The van der Waals surface area contributed by atoms with Gasteiger partial charge in [0, 0.05) is 17.7 Å². The van der Waals surface area contributed by atoms with Gasteiger partial charge in [-0.2, -0.15) is 0 Å². The van der Waals surface area contributed by atoms with Gasteiger partial charge >= 0.3 is 0 Å². The third-order valence-corrected chi connectivity index (χ3v) is 3.49. The molecule has 1 aromatic heterocycles. The summed E-state index contributed by atoms with van der Waals surface area (Å²) in [6, 6.07) is 13.8. The van der Waals surface area contributed by atoms with Crippen LogP contribution >= 0.6 is 15.9 Å². The van der Waals surface area contributed by atoms with E-state index >= 15 is 0 Å². The Morgan fingerprint density at radius 3 is 2.53 bits per heavy atom. The van der Waals surface area contributed by atoms with Crippen molar-refractivity contribution in [1.82, 2.24) is 0 Å².